The monoisotopic (exact) mass is 185 g/mol. The molecular weight excluding hydrogens is 162 g/mol. The Labute approximate surface area is 81.7 Å². The van der Waals surface area contributed by atoms with Crippen LogP contribution in [-0.4, -0.2) is 23.8 Å². The van der Waals surface area contributed by atoms with E-state index in [1.807, 2.05) is 0 Å². The number of aliphatic hydroxyl groups is 1. The summed E-state index contributed by atoms with van der Waals surface area (Å²) in [6, 6.07) is 0. The molecule has 1 fully saturated rings. The van der Waals surface area contributed by atoms with Crippen LogP contribution in [0.5, 0.6) is 0 Å². The highest BCUT2D eigenvalue weighted by atomic mass is 16.3. The maximum atomic E-state index is 9.35. The normalized spacial score (nSPS) is 20.3. The van der Waals surface area contributed by atoms with E-state index in [4.69, 9.17) is 0 Å². The molecule has 78 valence electrons. The van der Waals surface area contributed by atoms with E-state index < -0.39 is 0 Å². The van der Waals surface area contributed by atoms with Gasteiger partial charge in [0.2, 0.25) is 0 Å². The van der Waals surface area contributed by atoms with Gasteiger partial charge >= 0.3 is 0 Å². The Morgan fingerprint density at radius 2 is 1.85 bits per heavy atom. The predicted molar refractivity (Wildman–Crippen MR) is 55.7 cm³/mol. The maximum absolute atomic E-state index is 9.35. The van der Waals surface area contributed by atoms with Crippen molar-refractivity contribution in [2.75, 3.05) is 13.2 Å². The van der Waals surface area contributed by atoms with Gasteiger partial charge in [-0.25, -0.2) is 0 Å². The van der Waals surface area contributed by atoms with Gasteiger partial charge in [-0.1, -0.05) is 13.8 Å². The van der Waals surface area contributed by atoms with Gasteiger partial charge in [-0.3, -0.25) is 0 Å². The lowest BCUT2D eigenvalue weighted by molar-refractivity contribution is 0.109. The molecular formula is C11H23NO. The van der Waals surface area contributed by atoms with E-state index in [2.05, 4.69) is 26.1 Å². The Hall–Kier alpha value is -0.0800. The molecule has 0 radical (unpaired) electrons. The zero-order valence-corrected chi connectivity index (χ0v) is 9.19. The molecule has 0 bridgehead atoms. The predicted octanol–water partition coefficient (Wildman–Crippen LogP) is 1.93. The van der Waals surface area contributed by atoms with Crippen molar-refractivity contribution >= 4 is 0 Å². The van der Waals surface area contributed by atoms with Gasteiger partial charge in [0.05, 0.1) is 0 Å². The Morgan fingerprint density at radius 3 is 2.15 bits per heavy atom. The molecule has 0 amide bonds. The van der Waals surface area contributed by atoms with Crippen molar-refractivity contribution in [1.29, 1.82) is 0 Å². The Balaban J connectivity index is 2.37. The average molecular weight is 185 g/mol. The summed E-state index contributed by atoms with van der Waals surface area (Å²) in [6.07, 6.45) is 4.70. The highest BCUT2D eigenvalue weighted by molar-refractivity contribution is 4.98. The highest BCUT2D eigenvalue weighted by Crippen LogP contribution is 2.36. The van der Waals surface area contributed by atoms with Crippen LogP contribution in [0.15, 0.2) is 0 Å². The average Bonchev–Trinajstić information content (AvgIpc) is 2.88. The van der Waals surface area contributed by atoms with E-state index in [-0.39, 0.29) is 5.41 Å². The molecule has 2 nitrogen and oxygen atoms in total. The van der Waals surface area contributed by atoms with Crippen LogP contribution in [0.1, 0.15) is 46.5 Å². The summed E-state index contributed by atoms with van der Waals surface area (Å²) in [7, 11) is 0. The van der Waals surface area contributed by atoms with Gasteiger partial charge in [-0.05, 0) is 32.6 Å². The Bertz CT molecular complexity index is 151. The number of rotatable bonds is 6. The minimum atomic E-state index is 0.117. The van der Waals surface area contributed by atoms with Crippen molar-refractivity contribution in [2.45, 2.75) is 52.0 Å². The summed E-state index contributed by atoms with van der Waals surface area (Å²) in [5.74, 6) is 0. The van der Waals surface area contributed by atoms with Gasteiger partial charge in [0.15, 0.2) is 0 Å². The summed E-state index contributed by atoms with van der Waals surface area (Å²) >= 11 is 0. The van der Waals surface area contributed by atoms with E-state index >= 15 is 0 Å². The first kappa shape index (κ1) is 11.0. The van der Waals surface area contributed by atoms with Crippen molar-refractivity contribution < 1.29 is 5.11 Å². The largest absolute Gasteiger partial charge is 0.396 e. The van der Waals surface area contributed by atoms with Gasteiger partial charge in [0.25, 0.3) is 0 Å². The molecule has 1 aliphatic carbocycles. The fourth-order valence-corrected chi connectivity index (χ4v) is 1.54. The first-order valence-electron chi connectivity index (χ1n) is 5.46. The second-order valence-electron chi connectivity index (χ2n) is 4.78. The van der Waals surface area contributed by atoms with Crippen LogP contribution in [0.3, 0.4) is 0 Å². The standard InChI is InChI=1S/C11H23NO/c1-4-11(5-2,9-13)8-12-10(3)6-7-10/h12-13H,4-9H2,1-3H3. The van der Waals surface area contributed by atoms with Gasteiger partial charge < -0.3 is 10.4 Å². The molecule has 0 saturated heterocycles. The lowest BCUT2D eigenvalue weighted by atomic mass is 9.83. The molecule has 1 rings (SSSR count). The molecule has 0 atom stereocenters. The van der Waals surface area contributed by atoms with E-state index in [1.54, 1.807) is 0 Å². The molecule has 2 N–H and O–H groups in total. The lowest BCUT2D eigenvalue weighted by Gasteiger charge is -2.31. The molecule has 0 heterocycles. The van der Waals surface area contributed by atoms with E-state index in [1.165, 1.54) is 12.8 Å². The number of nitrogens with one attached hydrogen (secondary N) is 1. The summed E-state index contributed by atoms with van der Waals surface area (Å²) in [5.41, 5.74) is 0.510. The highest BCUT2D eigenvalue weighted by Gasteiger charge is 2.38. The van der Waals surface area contributed by atoms with Crippen molar-refractivity contribution in [3.8, 4) is 0 Å². The summed E-state index contributed by atoms with van der Waals surface area (Å²) in [5, 5.41) is 12.9. The van der Waals surface area contributed by atoms with E-state index in [9.17, 15) is 5.11 Å². The minimum Gasteiger partial charge on any atom is -0.396 e. The molecule has 0 aromatic rings. The third-order valence-corrected chi connectivity index (χ3v) is 3.73. The molecule has 0 unspecified atom stereocenters. The van der Waals surface area contributed by atoms with Gasteiger partial charge in [0, 0.05) is 24.1 Å². The summed E-state index contributed by atoms with van der Waals surface area (Å²) in [4.78, 5) is 0. The van der Waals surface area contributed by atoms with Gasteiger partial charge in [0.1, 0.15) is 0 Å². The van der Waals surface area contributed by atoms with Crippen molar-refractivity contribution in [3.05, 3.63) is 0 Å². The van der Waals surface area contributed by atoms with Crippen LogP contribution >= 0.6 is 0 Å². The van der Waals surface area contributed by atoms with Gasteiger partial charge in [-0.2, -0.15) is 0 Å². The maximum Gasteiger partial charge on any atom is 0.0499 e. The third-order valence-electron chi connectivity index (χ3n) is 3.73. The molecule has 1 aliphatic rings. The van der Waals surface area contributed by atoms with E-state index in [0.717, 1.165) is 19.4 Å². The molecule has 2 heteroatoms. The van der Waals surface area contributed by atoms with Crippen LogP contribution in [0, 0.1) is 5.41 Å². The SMILES string of the molecule is CCC(CC)(CO)CNC1(C)CC1. The topological polar surface area (TPSA) is 32.3 Å². The Kier molecular flexibility index (Phi) is 3.36. The second kappa shape index (κ2) is 3.97. The lowest BCUT2D eigenvalue weighted by Crippen LogP contribution is -2.41. The van der Waals surface area contributed by atoms with Crippen molar-refractivity contribution in [1.82, 2.24) is 5.32 Å². The van der Waals surface area contributed by atoms with Crippen molar-refractivity contribution in [3.63, 3.8) is 0 Å². The van der Waals surface area contributed by atoms with Crippen molar-refractivity contribution in [2.24, 2.45) is 5.41 Å². The zero-order chi connectivity index (χ0) is 9.95. The third kappa shape index (κ3) is 2.68. The van der Waals surface area contributed by atoms with Crippen LogP contribution in [0.25, 0.3) is 0 Å². The Morgan fingerprint density at radius 1 is 1.31 bits per heavy atom. The molecule has 0 aromatic carbocycles. The minimum absolute atomic E-state index is 0.117. The van der Waals surface area contributed by atoms with Crippen LogP contribution in [0.2, 0.25) is 0 Å². The number of aliphatic hydroxyl groups excluding tert-OH is 1. The molecule has 0 aliphatic heterocycles. The molecule has 0 spiro atoms. The smallest absolute Gasteiger partial charge is 0.0499 e. The first-order chi connectivity index (χ1) is 6.10. The van der Waals surface area contributed by atoms with Crippen LogP contribution in [0.4, 0.5) is 0 Å². The quantitative estimate of drug-likeness (QED) is 0.662. The van der Waals surface area contributed by atoms with Crippen LogP contribution < -0.4 is 5.32 Å². The fourth-order valence-electron chi connectivity index (χ4n) is 1.54. The zero-order valence-electron chi connectivity index (χ0n) is 9.19. The number of hydrogen-bond donors (Lipinski definition) is 2. The molecule has 0 aromatic heterocycles. The number of hydrogen-bond acceptors (Lipinski definition) is 2. The van der Waals surface area contributed by atoms with Gasteiger partial charge in [-0.15, -0.1) is 0 Å². The first-order valence-corrected chi connectivity index (χ1v) is 5.46. The fraction of sp³-hybridized carbons (Fsp3) is 1.00. The summed E-state index contributed by atoms with van der Waals surface area (Å²) < 4.78 is 0. The van der Waals surface area contributed by atoms with Crippen LogP contribution in [-0.2, 0) is 0 Å². The summed E-state index contributed by atoms with van der Waals surface area (Å²) in [6.45, 7) is 7.86. The molecule has 1 saturated carbocycles. The molecule has 13 heavy (non-hydrogen) atoms. The van der Waals surface area contributed by atoms with E-state index in [0.29, 0.717) is 12.1 Å². The second-order valence-corrected chi connectivity index (χ2v) is 4.78.